The summed E-state index contributed by atoms with van der Waals surface area (Å²) in [4.78, 5) is 2.39. The van der Waals surface area contributed by atoms with E-state index >= 15 is 0 Å². The maximum Gasteiger partial charge on any atom is 0.138 e. The normalized spacial score (nSPS) is 12.8. The van der Waals surface area contributed by atoms with Crippen molar-refractivity contribution in [3.63, 3.8) is 0 Å². The standard InChI is InChI=1S/C65H42N2O/c1-4-20-46(21-5-1)65(56-29-15-12-26-52(56)53-27-13-16-30-57(53)65)47-34-36-50(37-35-47)66(48-22-6-2-7-23-48)51-38-39-54-58(41-51)67(49-24-8-3-9-25-49)59-42-61-64(55-28-14-17-31-60(55)68-61)62(63(54)59)45-33-32-43-18-10-11-19-44(43)40-45/h1-42H. The van der Waals surface area contributed by atoms with E-state index in [4.69, 9.17) is 4.42 Å². The highest BCUT2D eigenvalue weighted by molar-refractivity contribution is 6.27. The van der Waals surface area contributed by atoms with Gasteiger partial charge < -0.3 is 13.9 Å². The molecule has 1 aliphatic carbocycles. The number of rotatable bonds is 7. The quantitative estimate of drug-likeness (QED) is 0.159. The van der Waals surface area contributed by atoms with Gasteiger partial charge in [-0.1, -0.05) is 188 Å². The minimum absolute atomic E-state index is 0.479. The lowest BCUT2D eigenvalue weighted by molar-refractivity contribution is 0.669. The molecule has 3 nitrogen and oxygen atoms in total. The molecule has 0 saturated carbocycles. The maximum atomic E-state index is 6.77. The van der Waals surface area contributed by atoms with Crippen molar-refractivity contribution in [2.75, 3.05) is 4.90 Å². The number of para-hydroxylation sites is 3. The van der Waals surface area contributed by atoms with Gasteiger partial charge in [0.05, 0.1) is 16.4 Å². The highest BCUT2D eigenvalue weighted by Gasteiger charge is 2.45. The van der Waals surface area contributed by atoms with Gasteiger partial charge in [0.1, 0.15) is 11.2 Å². The second-order valence-corrected chi connectivity index (χ2v) is 18.0. The molecule has 2 aromatic heterocycles. The Hall–Kier alpha value is -8.92. The molecule has 3 heteroatoms. The van der Waals surface area contributed by atoms with Gasteiger partial charge in [-0.2, -0.15) is 0 Å². The lowest BCUT2D eigenvalue weighted by Gasteiger charge is -2.34. The van der Waals surface area contributed by atoms with Crippen LogP contribution in [0.15, 0.2) is 259 Å². The SMILES string of the molecule is c1ccc(N(c2ccc(C3(c4ccccc4)c4ccccc4-c4ccccc43)cc2)c2ccc3c4c(-c5ccc6ccccc6c5)c5c(cc4n(-c4ccccc4)c3c2)oc2ccccc25)cc1. The monoisotopic (exact) mass is 866 g/mol. The molecule has 318 valence electrons. The molecule has 0 saturated heterocycles. The van der Waals surface area contributed by atoms with Crippen molar-refractivity contribution < 1.29 is 4.42 Å². The molecule has 68 heavy (non-hydrogen) atoms. The predicted octanol–water partition coefficient (Wildman–Crippen LogP) is 17.3. The van der Waals surface area contributed by atoms with Gasteiger partial charge in [-0.25, -0.2) is 0 Å². The van der Waals surface area contributed by atoms with Crippen LogP contribution in [0.3, 0.4) is 0 Å². The molecular formula is C65H42N2O. The first kappa shape index (κ1) is 38.4. The van der Waals surface area contributed by atoms with Crippen LogP contribution in [0.1, 0.15) is 22.3 Å². The van der Waals surface area contributed by atoms with Gasteiger partial charge in [0.2, 0.25) is 0 Å². The fourth-order valence-corrected chi connectivity index (χ4v) is 11.6. The number of hydrogen-bond donors (Lipinski definition) is 0. The Morgan fingerprint density at radius 2 is 0.956 bits per heavy atom. The average molecular weight is 867 g/mol. The van der Waals surface area contributed by atoms with Gasteiger partial charge in [-0.3, -0.25) is 0 Å². The summed E-state index contributed by atoms with van der Waals surface area (Å²) in [7, 11) is 0. The molecule has 0 radical (unpaired) electrons. The van der Waals surface area contributed by atoms with E-state index in [9.17, 15) is 0 Å². The third-order valence-corrected chi connectivity index (χ3v) is 14.4. The summed E-state index contributed by atoms with van der Waals surface area (Å²) in [6.45, 7) is 0. The van der Waals surface area contributed by atoms with Crippen molar-refractivity contribution in [1.29, 1.82) is 0 Å². The van der Waals surface area contributed by atoms with Crippen LogP contribution in [-0.2, 0) is 5.41 Å². The summed E-state index contributed by atoms with van der Waals surface area (Å²) in [5, 5.41) is 7.04. The molecule has 0 N–H and O–H groups in total. The molecule has 11 aromatic carbocycles. The topological polar surface area (TPSA) is 21.3 Å². The van der Waals surface area contributed by atoms with Crippen molar-refractivity contribution >= 4 is 71.6 Å². The highest BCUT2D eigenvalue weighted by Crippen LogP contribution is 2.56. The summed E-state index contributed by atoms with van der Waals surface area (Å²) in [5.74, 6) is 0. The first-order valence-corrected chi connectivity index (χ1v) is 23.4. The summed E-state index contributed by atoms with van der Waals surface area (Å²) in [5.41, 5.74) is 17.8. The Morgan fingerprint density at radius 1 is 0.368 bits per heavy atom. The van der Waals surface area contributed by atoms with Crippen molar-refractivity contribution in [2.45, 2.75) is 5.41 Å². The summed E-state index contributed by atoms with van der Waals surface area (Å²) >= 11 is 0. The molecule has 1 aliphatic rings. The molecule has 13 aromatic rings. The Morgan fingerprint density at radius 3 is 1.71 bits per heavy atom. The van der Waals surface area contributed by atoms with Crippen LogP contribution in [0.5, 0.6) is 0 Å². The Kier molecular flexibility index (Phi) is 8.50. The lowest BCUT2D eigenvalue weighted by Crippen LogP contribution is -2.28. The molecule has 2 heterocycles. The van der Waals surface area contributed by atoms with Gasteiger partial charge in [-0.05, 0) is 110 Å². The van der Waals surface area contributed by atoms with Crippen molar-refractivity contribution in [3.8, 4) is 27.9 Å². The van der Waals surface area contributed by atoms with E-state index in [-0.39, 0.29) is 0 Å². The van der Waals surface area contributed by atoms with E-state index in [1.165, 1.54) is 60.5 Å². The Labute approximate surface area is 394 Å². The molecule has 0 bridgehead atoms. The second kappa shape index (κ2) is 15.1. The zero-order chi connectivity index (χ0) is 44.8. The van der Waals surface area contributed by atoms with Gasteiger partial charge >= 0.3 is 0 Å². The highest BCUT2D eigenvalue weighted by atomic mass is 16.3. The molecule has 14 rings (SSSR count). The van der Waals surface area contributed by atoms with E-state index in [0.717, 1.165) is 61.3 Å². The summed E-state index contributed by atoms with van der Waals surface area (Å²) in [6, 6.07) is 93.0. The van der Waals surface area contributed by atoms with Crippen LogP contribution >= 0.6 is 0 Å². The number of aromatic nitrogens is 1. The van der Waals surface area contributed by atoms with Crippen LogP contribution in [0, 0.1) is 0 Å². The summed E-state index contributed by atoms with van der Waals surface area (Å²) < 4.78 is 9.20. The zero-order valence-electron chi connectivity index (χ0n) is 37.1. The third kappa shape index (κ3) is 5.60. The number of nitrogens with zero attached hydrogens (tertiary/aromatic N) is 2. The molecular weight excluding hydrogens is 825 g/mol. The summed E-state index contributed by atoms with van der Waals surface area (Å²) in [6.07, 6.45) is 0. The van der Waals surface area contributed by atoms with E-state index in [1.54, 1.807) is 0 Å². The predicted molar refractivity (Wildman–Crippen MR) is 283 cm³/mol. The number of hydrogen-bond acceptors (Lipinski definition) is 2. The molecule has 0 amide bonds. The molecule has 0 aliphatic heterocycles. The van der Waals surface area contributed by atoms with E-state index in [2.05, 4.69) is 264 Å². The number of fused-ring (bicyclic) bond motifs is 10. The largest absolute Gasteiger partial charge is 0.456 e. The molecule has 0 spiro atoms. The molecule has 0 unspecified atom stereocenters. The van der Waals surface area contributed by atoms with Crippen LogP contribution in [0.4, 0.5) is 17.1 Å². The second-order valence-electron chi connectivity index (χ2n) is 18.0. The minimum atomic E-state index is -0.479. The van der Waals surface area contributed by atoms with Gasteiger partial charge in [0.15, 0.2) is 0 Å². The van der Waals surface area contributed by atoms with Crippen LogP contribution in [0.2, 0.25) is 0 Å². The maximum absolute atomic E-state index is 6.77. The number of anilines is 3. The fourth-order valence-electron chi connectivity index (χ4n) is 11.6. The zero-order valence-corrected chi connectivity index (χ0v) is 37.1. The number of furan rings is 1. The van der Waals surface area contributed by atoms with E-state index in [0.29, 0.717) is 0 Å². The van der Waals surface area contributed by atoms with Crippen LogP contribution in [-0.4, -0.2) is 4.57 Å². The first-order chi connectivity index (χ1) is 33.7. The third-order valence-electron chi connectivity index (χ3n) is 14.4. The molecule has 0 atom stereocenters. The van der Waals surface area contributed by atoms with E-state index in [1.807, 2.05) is 0 Å². The van der Waals surface area contributed by atoms with Crippen molar-refractivity contribution in [3.05, 3.63) is 277 Å². The smallest absolute Gasteiger partial charge is 0.138 e. The first-order valence-electron chi connectivity index (χ1n) is 23.4. The van der Waals surface area contributed by atoms with Gasteiger partial charge in [-0.15, -0.1) is 0 Å². The van der Waals surface area contributed by atoms with Gasteiger partial charge in [0, 0.05) is 55.9 Å². The average Bonchev–Trinajstić information content (AvgIpc) is 4.05. The fraction of sp³-hybridized carbons (Fsp3) is 0.0154. The van der Waals surface area contributed by atoms with Crippen molar-refractivity contribution in [1.82, 2.24) is 4.57 Å². The molecule has 0 fully saturated rings. The Balaban J connectivity index is 1.01. The Bertz CT molecular complexity index is 4030. The van der Waals surface area contributed by atoms with Crippen LogP contribution in [0.25, 0.3) is 82.5 Å². The lowest BCUT2D eigenvalue weighted by atomic mass is 9.68. The van der Waals surface area contributed by atoms with Crippen molar-refractivity contribution in [2.24, 2.45) is 0 Å². The van der Waals surface area contributed by atoms with Gasteiger partial charge in [0.25, 0.3) is 0 Å². The van der Waals surface area contributed by atoms with Crippen LogP contribution < -0.4 is 4.90 Å². The number of benzene rings is 11. The van der Waals surface area contributed by atoms with E-state index < -0.39 is 5.41 Å². The minimum Gasteiger partial charge on any atom is -0.456 e.